The Balaban J connectivity index is 1.42. The fraction of sp³-hybridized carbons (Fsp3) is 0.300. The van der Waals surface area contributed by atoms with E-state index in [4.69, 9.17) is 5.73 Å². The van der Waals surface area contributed by atoms with Crippen molar-refractivity contribution in [3.63, 3.8) is 0 Å². The molecule has 1 heterocycles. The van der Waals surface area contributed by atoms with Crippen LogP contribution in [0.4, 0.5) is 0 Å². The fourth-order valence-electron chi connectivity index (χ4n) is 6.95. The third kappa shape index (κ3) is 3.45. The predicted octanol–water partition coefficient (Wildman–Crippen LogP) is 0.917. The van der Waals surface area contributed by atoms with Gasteiger partial charge in [-0.2, -0.15) is 0 Å². The second-order valence-corrected chi connectivity index (χ2v) is 11.3. The van der Waals surface area contributed by atoms with Gasteiger partial charge in [0.2, 0.25) is 5.78 Å². The summed E-state index contributed by atoms with van der Waals surface area (Å²) in [6, 6.07) is 8.33. The normalized spacial score (nSPS) is 26.9. The number of amides is 3. The van der Waals surface area contributed by atoms with Crippen LogP contribution in [-0.2, 0) is 22.6 Å². The maximum Gasteiger partial charge on any atom is 0.261 e. The molecule has 0 fully saturated rings. The van der Waals surface area contributed by atoms with Gasteiger partial charge in [0, 0.05) is 17.1 Å². The number of rotatable bonds is 4. The minimum atomic E-state index is -2.74. The molecule has 4 aliphatic rings. The molecule has 0 radical (unpaired) electrons. The first-order chi connectivity index (χ1) is 19.8. The van der Waals surface area contributed by atoms with Crippen molar-refractivity contribution in [3.05, 3.63) is 86.9 Å². The number of aliphatic hydroxyl groups is 3. The Morgan fingerprint density at radius 1 is 1.02 bits per heavy atom. The lowest BCUT2D eigenvalue weighted by Crippen LogP contribution is -2.63. The summed E-state index contributed by atoms with van der Waals surface area (Å²) in [6.07, 6.45) is 0.110. The van der Waals surface area contributed by atoms with E-state index >= 15 is 0 Å². The molecule has 12 heteroatoms. The summed E-state index contributed by atoms with van der Waals surface area (Å²) >= 11 is 0. The topological polar surface area (TPSA) is 199 Å². The minimum Gasteiger partial charge on any atom is -0.510 e. The number of nitrogens with two attached hydrogens (primary N) is 1. The zero-order valence-corrected chi connectivity index (χ0v) is 22.6. The van der Waals surface area contributed by atoms with Crippen LogP contribution in [0.1, 0.15) is 48.6 Å². The summed E-state index contributed by atoms with van der Waals surface area (Å²) in [4.78, 5) is 67.6. The van der Waals surface area contributed by atoms with Crippen LogP contribution in [0.5, 0.6) is 5.75 Å². The summed E-state index contributed by atoms with van der Waals surface area (Å²) in [7, 11) is 3.11. The van der Waals surface area contributed by atoms with Crippen LogP contribution in [0.3, 0.4) is 0 Å². The number of nitrogens with zero attached hydrogens (tertiary/aromatic N) is 2. The van der Waals surface area contributed by atoms with Crippen molar-refractivity contribution < 1.29 is 44.4 Å². The molecule has 0 saturated heterocycles. The number of imide groups is 1. The highest BCUT2D eigenvalue weighted by Crippen LogP contribution is 2.52. The summed E-state index contributed by atoms with van der Waals surface area (Å²) in [6.45, 7) is -0.325. The van der Waals surface area contributed by atoms with Gasteiger partial charge in [-0.05, 0) is 50.6 Å². The number of carbonyl (C=O) groups excluding carboxylic acids is 5. The standard InChI is InChI=1S/C30H27N3O9/c1-32(2)21-17-10-14-9-12-7-8-13(11-33-28(40)15-5-3-4-6-16(15)29(33)41)22(34)18(12)23(35)19(14)25(37)30(17,42)26(38)20(24(21)36)27(31)39/h3-8,14,17,21,34,36-37,42H,9-11H2,1-2H3,(H2,31,39)/t14?,17-,21-,30-/m0/s1. The zero-order chi connectivity index (χ0) is 30.4. The van der Waals surface area contributed by atoms with Crippen molar-refractivity contribution in [2.75, 3.05) is 14.1 Å². The molecule has 0 aromatic heterocycles. The van der Waals surface area contributed by atoms with Crippen LogP contribution < -0.4 is 5.73 Å². The number of Topliss-reactive ketones (excluding diaryl/α,β-unsaturated/α-hetero) is 2. The fourth-order valence-corrected chi connectivity index (χ4v) is 6.95. The minimum absolute atomic E-state index is 0.0245. The van der Waals surface area contributed by atoms with Crippen LogP contribution in [0.25, 0.3) is 0 Å². The van der Waals surface area contributed by atoms with E-state index in [9.17, 15) is 44.4 Å². The van der Waals surface area contributed by atoms with Crippen LogP contribution in [0, 0.1) is 11.8 Å². The van der Waals surface area contributed by atoms with E-state index in [0.29, 0.717) is 5.56 Å². The van der Waals surface area contributed by atoms with Gasteiger partial charge in [0.15, 0.2) is 11.4 Å². The van der Waals surface area contributed by atoms with Crippen molar-refractivity contribution in [1.82, 2.24) is 9.80 Å². The van der Waals surface area contributed by atoms with Crippen LogP contribution in [0.2, 0.25) is 0 Å². The highest BCUT2D eigenvalue weighted by Gasteiger charge is 2.63. The lowest BCUT2D eigenvalue weighted by Gasteiger charge is -2.50. The lowest BCUT2D eigenvalue weighted by molar-refractivity contribution is -0.148. The Morgan fingerprint density at radius 2 is 1.64 bits per heavy atom. The SMILES string of the molecule is CN(C)[C@@H]1C(O)=C(C(N)=O)C(=O)[C@@]2(O)C(O)=C3C(=O)c4c(ccc(CN5C(=O)c6ccccc6C5=O)c4O)CC3C[C@@H]12. The molecule has 3 amide bonds. The third-order valence-corrected chi connectivity index (χ3v) is 8.89. The van der Waals surface area contributed by atoms with Gasteiger partial charge >= 0.3 is 0 Å². The van der Waals surface area contributed by atoms with E-state index in [2.05, 4.69) is 0 Å². The summed E-state index contributed by atoms with van der Waals surface area (Å²) in [5.74, 6) is -8.48. The number of hydrogen-bond acceptors (Lipinski definition) is 10. The monoisotopic (exact) mass is 573 g/mol. The van der Waals surface area contributed by atoms with Crippen molar-refractivity contribution in [3.8, 4) is 5.75 Å². The van der Waals surface area contributed by atoms with E-state index < -0.39 is 75.6 Å². The number of primary amides is 1. The van der Waals surface area contributed by atoms with Gasteiger partial charge in [-0.1, -0.05) is 24.3 Å². The first kappa shape index (κ1) is 27.4. The van der Waals surface area contributed by atoms with Gasteiger partial charge in [-0.25, -0.2) is 0 Å². The summed E-state index contributed by atoms with van der Waals surface area (Å²) in [5.41, 5.74) is 2.24. The van der Waals surface area contributed by atoms with Gasteiger partial charge in [0.05, 0.1) is 29.3 Å². The number of aliphatic hydroxyl groups excluding tert-OH is 2. The maximum absolute atomic E-state index is 13.9. The lowest BCUT2D eigenvalue weighted by atomic mass is 9.58. The smallest absolute Gasteiger partial charge is 0.261 e. The van der Waals surface area contributed by atoms with Gasteiger partial charge in [-0.3, -0.25) is 33.8 Å². The zero-order valence-electron chi connectivity index (χ0n) is 22.6. The number of ketones is 2. The second kappa shape index (κ2) is 9.10. The highest BCUT2D eigenvalue weighted by atomic mass is 16.3. The number of phenolic OH excluding ortho intramolecular Hbond substituents is 1. The molecule has 0 bridgehead atoms. The summed E-state index contributed by atoms with van der Waals surface area (Å²) in [5, 5.41) is 45.2. The average Bonchev–Trinajstić information content (AvgIpc) is 3.16. The Morgan fingerprint density at radius 3 is 2.21 bits per heavy atom. The Bertz CT molecular complexity index is 1690. The van der Waals surface area contributed by atoms with Crippen molar-refractivity contribution in [2.45, 2.75) is 31.0 Å². The molecule has 216 valence electrons. The number of allylic oxidation sites excluding steroid dienone is 1. The van der Waals surface area contributed by atoms with E-state index in [1.54, 1.807) is 32.3 Å². The predicted molar refractivity (Wildman–Crippen MR) is 144 cm³/mol. The molecule has 12 nitrogen and oxygen atoms in total. The molecular formula is C30H27N3O9. The summed E-state index contributed by atoms with van der Waals surface area (Å²) < 4.78 is 0. The number of likely N-dealkylation sites (N-methyl/N-ethyl adjacent to an activating group) is 1. The molecule has 42 heavy (non-hydrogen) atoms. The molecule has 6 rings (SSSR count). The van der Waals surface area contributed by atoms with Crippen LogP contribution >= 0.6 is 0 Å². The van der Waals surface area contributed by atoms with Crippen LogP contribution in [-0.4, -0.2) is 85.3 Å². The Kier molecular flexibility index (Phi) is 5.93. The third-order valence-electron chi connectivity index (χ3n) is 8.89. The van der Waals surface area contributed by atoms with Crippen molar-refractivity contribution in [1.29, 1.82) is 0 Å². The van der Waals surface area contributed by atoms with E-state index in [1.165, 1.54) is 23.1 Å². The van der Waals surface area contributed by atoms with E-state index in [1.807, 2.05) is 0 Å². The molecule has 3 aliphatic carbocycles. The number of fused-ring (bicyclic) bond motifs is 4. The Hall–Kier alpha value is -4.81. The first-order valence-electron chi connectivity index (χ1n) is 13.2. The Labute approximate surface area is 238 Å². The second-order valence-electron chi connectivity index (χ2n) is 11.3. The molecule has 0 saturated carbocycles. The number of hydrogen-bond donors (Lipinski definition) is 5. The van der Waals surface area contributed by atoms with Gasteiger partial charge in [0.1, 0.15) is 22.8 Å². The quantitative estimate of drug-likeness (QED) is 0.259. The molecule has 1 aliphatic heterocycles. The number of phenols is 1. The highest BCUT2D eigenvalue weighted by molar-refractivity contribution is 6.25. The van der Waals surface area contributed by atoms with Gasteiger partial charge < -0.3 is 26.2 Å². The molecule has 2 aromatic carbocycles. The molecule has 1 unspecified atom stereocenters. The number of benzene rings is 2. The molecule has 0 spiro atoms. The van der Waals surface area contributed by atoms with Crippen molar-refractivity contribution in [2.24, 2.45) is 17.6 Å². The molecule has 6 N–H and O–H groups in total. The van der Waals surface area contributed by atoms with Gasteiger partial charge in [-0.15, -0.1) is 0 Å². The number of carbonyl (C=O) groups is 5. The maximum atomic E-state index is 13.9. The number of aromatic hydroxyl groups is 1. The van der Waals surface area contributed by atoms with Crippen molar-refractivity contribution >= 4 is 29.3 Å². The van der Waals surface area contributed by atoms with E-state index in [-0.39, 0.29) is 47.2 Å². The molecule has 2 aromatic rings. The molecule has 4 atom stereocenters. The first-order valence-corrected chi connectivity index (χ1v) is 13.2. The largest absolute Gasteiger partial charge is 0.510 e. The molecular weight excluding hydrogens is 546 g/mol. The van der Waals surface area contributed by atoms with Crippen LogP contribution in [0.15, 0.2) is 59.1 Å². The van der Waals surface area contributed by atoms with E-state index in [0.717, 1.165) is 4.90 Å². The average molecular weight is 574 g/mol. The van der Waals surface area contributed by atoms with Gasteiger partial charge in [0.25, 0.3) is 17.7 Å².